The number of nitrogens with zero attached hydrogens (tertiary/aromatic N) is 1. The number of hydrogen-bond donors (Lipinski definition) is 0. The van der Waals surface area contributed by atoms with Gasteiger partial charge in [-0.1, -0.05) is 15.9 Å². The van der Waals surface area contributed by atoms with Gasteiger partial charge in [-0.25, -0.2) is 4.79 Å². The van der Waals surface area contributed by atoms with E-state index < -0.39 is 0 Å². The van der Waals surface area contributed by atoms with E-state index in [1.165, 1.54) is 0 Å². The summed E-state index contributed by atoms with van der Waals surface area (Å²) < 4.78 is 12.1. The van der Waals surface area contributed by atoms with E-state index in [2.05, 4.69) is 15.9 Å². The first-order chi connectivity index (χ1) is 10.5. The van der Waals surface area contributed by atoms with Gasteiger partial charge in [0.2, 0.25) is 0 Å². The van der Waals surface area contributed by atoms with Gasteiger partial charge in [0, 0.05) is 17.6 Å². The summed E-state index contributed by atoms with van der Waals surface area (Å²) in [4.78, 5) is 13.6. The van der Waals surface area contributed by atoms with Crippen molar-refractivity contribution in [3.8, 4) is 5.75 Å². The standard InChI is InChI=1S/C17H24BrNO3/c1-13(2)22-17(20)19-10-7-14(8-11-19)9-12-21-16-5-3-15(18)4-6-16/h3-6,13-14H,7-12H2,1-2H3. The van der Waals surface area contributed by atoms with Crippen molar-refractivity contribution < 1.29 is 14.3 Å². The Morgan fingerprint density at radius 3 is 2.50 bits per heavy atom. The van der Waals surface area contributed by atoms with Crippen molar-refractivity contribution in [3.63, 3.8) is 0 Å². The molecule has 2 rings (SSSR count). The Bertz CT molecular complexity index is 467. The van der Waals surface area contributed by atoms with Crippen LogP contribution in [-0.4, -0.2) is 36.8 Å². The molecule has 22 heavy (non-hydrogen) atoms. The second kappa shape index (κ2) is 8.42. The van der Waals surface area contributed by atoms with E-state index in [0.29, 0.717) is 5.92 Å². The molecule has 1 amide bonds. The number of halogens is 1. The number of piperidine rings is 1. The zero-order chi connectivity index (χ0) is 15.9. The highest BCUT2D eigenvalue weighted by Gasteiger charge is 2.24. The summed E-state index contributed by atoms with van der Waals surface area (Å²) >= 11 is 3.41. The average Bonchev–Trinajstić information content (AvgIpc) is 2.49. The number of hydrogen-bond acceptors (Lipinski definition) is 3. The van der Waals surface area contributed by atoms with E-state index in [0.717, 1.165) is 49.2 Å². The molecule has 1 aromatic carbocycles. The lowest BCUT2D eigenvalue weighted by molar-refractivity contribution is 0.0637. The Morgan fingerprint density at radius 2 is 1.91 bits per heavy atom. The highest BCUT2D eigenvalue weighted by Crippen LogP contribution is 2.22. The van der Waals surface area contributed by atoms with Gasteiger partial charge in [-0.05, 0) is 63.3 Å². The van der Waals surface area contributed by atoms with Gasteiger partial charge < -0.3 is 14.4 Å². The van der Waals surface area contributed by atoms with E-state index >= 15 is 0 Å². The van der Waals surface area contributed by atoms with Crippen LogP contribution < -0.4 is 4.74 Å². The van der Waals surface area contributed by atoms with E-state index in [1.54, 1.807) is 0 Å². The number of rotatable bonds is 5. The van der Waals surface area contributed by atoms with Crippen molar-refractivity contribution in [2.75, 3.05) is 19.7 Å². The van der Waals surface area contributed by atoms with Gasteiger partial charge >= 0.3 is 6.09 Å². The van der Waals surface area contributed by atoms with Gasteiger partial charge in [0.15, 0.2) is 0 Å². The molecule has 1 fully saturated rings. The van der Waals surface area contributed by atoms with E-state index in [4.69, 9.17) is 9.47 Å². The number of likely N-dealkylation sites (tertiary alicyclic amines) is 1. The summed E-state index contributed by atoms with van der Waals surface area (Å²) in [6.45, 7) is 6.06. The van der Waals surface area contributed by atoms with Gasteiger partial charge in [0.25, 0.3) is 0 Å². The first-order valence-corrected chi connectivity index (χ1v) is 8.68. The first-order valence-electron chi connectivity index (χ1n) is 7.88. The first kappa shape index (κ1) is 17.1. The fourth-order valence-electron chi connectivity index (χ4n) is 2.55. The van der Waals surface area contributed by atoms with Crippen LogP contribution in [0.4, 0.5) is 4.79 Å². The predicted octanol–water partition coefficient (Wildman–Crippen LogP) is 4.48. The second-order valence-electron chi connectivity index (χ2n) is 5.95. The Labute approximate surface area is 140 Å². The maximum atomic E-state index is 11.8. The van der Waals surface area contributed by atoms with Crippen LogP contribution in [0.5, 0.6) is 5.75 Å². The third-order valence-electron chi connectivity index (χ3n) is 3.82. The van der Waals surface area contributed by atoms with Crippen LogP contribution in [-0.2, 0) is 4.74 Å². The van der Waals surface area contributed by atoms with Crippen LogP contribution in [0.3, 0.4) is 0 Å². The molecule has 4 nitrogen and oxygen atoms in total. The Hall–Kier alpha value is -1.23. The van der Waals surface area contributed by atoms with E-state index in [1.807, 2.05) is 43.0 Å². The Morgan fingerprint density at radius 1 is 1.27 bits per heavy atom. The van der Waals surface area contributed by atoms with Gasteiger partial charge in [0.1, 0.15) is 5.75 Å². The molecule has 0 atom stereocenters. The van der Waals surface area contributed by atoms with Crippen molar-refractivity contribution in [1.82, 2.24) is 4.90 Å². The van der Waals surface area contributed by atoms with E-state index in [9.17, 15) is 4.79 Å². The van der Waals surface area contributed by atoms with Crippen molar-refractivity contribution in [2.45, 2.75) is 39.2 Å². The maximum absolute atomic E-state index is 11.8. The van der Waals surface area contributed by atoms with Gasteiger partial charge in [-0.15, -0.1) is 0 Å². The van der Waals surface area contributed by atoms with Crippen LogP contribution in [0, 0.1) is 5.92 Å². The van der Waals surface area contributed by atoms with Gasteiger partial charge in [-0.3, -0.25) is 0 Å². The molecule has 5 heteroatoms. The second-order valence-corrected chi connectivity index (χ2v) is 6.87. The summed E-state index contributed by atoms with van der Waals surface area (Å²) in [7, 11) is 0. The summed E-state index contributed by atoms with van der Waals surface area (Å²) in [6.07, 6.45) is 2.85. The molecule has 0 saturated carbocycles. The van der Waals surface area contributed by atoms with Crippen LogP contribution in [0.1, 0.15) is 33.1 Å². The van der Waals surface area contributed by atoms with Crippen LogP contribution in [0.25, 0.3) is 0 Å². The molecule has 0 radical (unpaired) electrons. The van der Waals surface area contributed by atoms with Crippen molar-refractivity contribution >= 4 is 22.0 Å². The minimum Gasteiger partial charge on any atom is -0.494 e. The summed E-state index contributed by atoms with van der Waals surface area (Å²) in [6, 6.07) is 7.89. The molecule has 0 aliphatic carbocycles. The summed E-state index contributed by atoms with van der Waals surface area (Å²) in [5.74, 6) is 1.53. The lowest BCUT2D eigenvalue weighted by Crippen LogP contribution is -2.39. The van der Waals surface area contributed by atoms with Crippen LogP contribution in [0.2, 0.25) is 0 Å². The number of amides is 1. The average molecular weight is 370 g/mol. The normalized spacial score (nSPS) is 15.9. The third-order valence-corrected chi connectivity index (χ3v) is 4.35. The lowest BCUT2D eigenvalue weighted by atomic mass is 9.94. The lowest BCUT2D eigenvalue weighted by Gasteiger charge is -2.31. The van der Waals surface area contributed by atoms with Crippen molar-refractivity contribution in [1.29, 1.82) is 0 Å². The highest BCUT2D eigenvalue weighted by atomic mass is 79.9. The van der Waals surface area contributed by atoms with Crippen LogP contribution >= 0.6 is 15.9 Å². The zero-order valence-corrected chi connectivity index (χ0v) is 14.8. The molecule has 122 valence electrons. The molecule has 0 N–H and O–H groups in total. The molecule has 1 aliphatic rings. The number of benzene rings is 1. The Kier molecular flexibility index (Phi) is 6.55. The monoisotopic (exact) mass is 369 g/mol. The van der Waals surface area contributed by atoms with Gasteiger partial charge in [0.05, 0.1) is 12.7 Å². The fourth-order valence-corrected chi connectivity index (χ4v) is 2.82. The zero-order valence-electron chi connectivity index (χ0n) is 13.3. The highest BCUT2D eigenvalue weighted by molar-refractivity contribution is 9.10. The number of ether oxygens (including phenoxy) is 2. The molecule has 0 unspecified atom stereocenters. The fraction of sp³-hybridized carbons (Fsp3) is 0.588. The predicted molar refractivity (Wildman–Crippen MR) is 90.2 cm³/mol. The molecule has 0 bridgehead atoms. The largest absolute Gasteiger partial charge is 0.494 e. The quantitative estimate of drug-likeness (QED) is 0.767. The smallest absolute Gasteiger partial charge is 0.410 e. The molecule has 0 spiro atoms. The van der Waals surface area contributed by atoms with Crippen LogP contribution in [0.15, 0.2) is 28.7 Å². The molecule has 1 aliphatic heterocycles. The minimum atomic E-state index is -0.181. The molecule has 1 saturated heterocycles. The minimum absolute atomic E-state index is 0.0514. The molecule has 1 aromatic rings. The number of carbonyl (C=O) groups excluding carboxylic acids is 1. The third kappa shape index (κ3) is 5.52. The number of carbonyl (C=O) groups is 1. The molecule has 1 heterocycles. The molecular formula is C17H24BrNO3. The van der Waals surface area contributed by atoms with Crippen molar-refractivity contribution in [3.05, 3.63) is 28.7 Å². The summed E-state index contributed by atoms with van der Waals surface area (Å²) in [5.41, 5.74) is 0. The Balaban J connectivity index is 1.65. The SMILES string of the molecule is CC(C)OC(=O)N1CCC(CCOc2ccc(Br)cc2)CC1. The van der Waals surface area contributed by atoms with E-state index in [-0.39, 0.29) is 12.2 Å². The molecular weight excluding hydrogens is 346 g/mol. The maximum Gasteiger partial charge on any atom is 0.410 e. The summed E-state index contributed by atoms with van der Waals surface area (Å²) in [5, 5.41) is 0. The van der Waals surface area contributed by atoms with Gasteiger partial charge in [-0.2, -0.15) is 0 Å². The molecule has 0 aromatic heterocycles. The topological polar surface area (TPSA) is 38.8 Å². The van der Waals surface area contributed by atoms with Crippen molar-refractivity contribution in [2.24, 2.45) is 5.92 Å².